The van der Waals surface area contributed by atoms with E-state index in [0.29, 0.717) is 19.0 Å². The minimum atomic E-state index is 0.520. The van der Waals surface area contributed by atoms with Crippen molar-refractivity contribution in [3.05, 3.63) is 58.6 Å². The molecule has 5 heteroatoms. The van der Waals surface area contributed by atoms with Crippen molar-refractivity contribution in [1.29, 1.82) is 0 Å². The first-order valence-electron chi connectivity index (χ1n) is 5.98. The number of aliphatic imine (C=N–C) groups is 1. The molecule has 0 aromatic carbocycles. The molecule has 98 valence electrons. The van der Waals surface area contributed by atoms with Gasteiger partial charge in [0.2, 0.25) is 5.90 Å². The molecule has 0 aliphatic carbocycles. The minimum absolute atomic E-state index is 0.520. The Morgan fingerprint density at radius 1 is 1.26 bits per heavy atom. The fourth-order valence-electron chi connectivity index (χ4n) is 1.49. The standard InChI is InChI=1S/C14H14BrN3O/c1-2-19-14(12-5-3-4-8-16-12)18-10-11-6-7-13(15)17-9-11/h3-9H,2,10H2,1H3. The van der Waals surface area contributed by atoms with Crippen molar-refractivity contribution in [1.82, 2.24) is 9.97 Å². The summed E-state index contributed by atoms with van der Waals surface area (Å²) in [6.07, 6.45) is 3.51. The summed E-state index contributed by atoms with van der Waals surface area (Å²) in [5.41, 5.74) is 1.77. The highest BCUT2D eigenvalue weighted by atomic mass is 79.9. The zero-order valence-corrected chi connectivity index (χ0v) is 12.2. The molecule has 19 heavy (non-hydrogen) atoms. The highest BCUT2D eigenvalue weighted by Crippen LogP contribution is 2.08. The lowest BCUT2D eigenvalue weighted by molar-refractivity contribution is 0.325. The predicted molar refractivity (Wildman–Crippen MR) is 78.0 cm³/mol. The Balaban J connectivity index is 2.15. The Labute approximate surface area is 120 Å². The second-order valence-corrected chi connectivity index (χ2v) is 4.57. The number of pyridine rings is 2. The lowest BCUT2D eigenvalue weighted by Gasteiger charge is -2.06. The number of halogens is 1. The Morgan fingerprint density at radius 3 is 2.79 bits per heavy atom. The van der Waals surface area contributed by atoms with E-state index < -0.39 is 0 Å². The molecule has 4 nitrogen and oxygen atoms in total. The van der Waals surface area contributed by atoms with Gasteiger partial charge in [0.25, 0.3) is 0 Å². The molecule has 2 heterocycles. The summed E-state index contributed by atoms with van der Waals surface area (Å²) >= 11 is 3.31. The summed E-state index contributed by atoms with van der Waals surface area (Å²) in [6.45, 7) is 3.01. The van der Waals surface area contributed by atoms with Crippen molar-refractivity contribution in [2.75, 3.05) is 6.61 Å². The van der Waals surface area contributed by atoms with E-state index in [9.17, 15) is 0 Å². The molecule has 0 amide bonds. The van der Waals surface area contributed by atoms with Crippen LogP contribution in [0.4, 0.5) is 0 Å². The minimum Gasteiger partial charge on any atom is -0.477 e. The summed E-state index contributed by atoms with van der Waals surface area (Å²) in [7, 11) is 0. The summed E-state index contributed by atoms with van der Waals surface area (Å²) in [4.78, 5) is 12.9. The van der Waals surface area contributed by atoms with Gasteiger partial charge < -0.3 is 4.74 Å². The Kier molecular flexibility index (Phi) is 5.03. The Bertz CT molecular complexity index is 540. The van der Waals surface area contributed by atoms with Crippen molar-refractivity contribution in [2.45, 2.75) is 13.5 Å². The zero-order valence-electron chi connectivity index (χ0n) is 10.6. The predicted octanol–water partition coefficient (Wildman–Crippen LogP) is 3.22. The summed E-state index contributed by atoms with van der Waals surface area (Å²) in [6, 6.07) is 9.53. The smallest absolute Gasteiger partial charge is 0.235 e. The van der Waals surface area contributed by atoms with Gasteiger partial charge in [0.15, 0.2) is 0 Å². The molecule has 0 bridgehead atoms. The fraction of sp³-hybridized carbons (Fsp3) is 0.214. The molecule has 2 aromatic rings. The topological polar surface area (TPSA) is 47.4 Å². The van der Waals surface area contributed by atoms with Crippen LogP contribution in [-0.2, 0) is 11.3 Å². The van der Waals surface area contributed by atoms with Crippen molar-refractivity contribution in [3.8, 4) is 0 Å². The number of ether oxygens (including phenoxy) is 1. The molecule has 0 unspecified atom stereocenters. The second kappa shape index (κ2) is 6.99. The number of aromatic nitrogens is 2. The van der Waals surface area contributed by atoms with Gasteiger partial charge in [-0.3, -0.25) is 4.98 Å². The van der Waals surface area contributed by atoms with Crippen LogP contribution in [-0.4, -0.2) is 22.5 Å². The van der Waals surface area contributed by atoms with Crippen molar-refractivity contribution < 1.29 is 4.74 Å². The lowest BCUT2D eigenvalue weighted by Crippen LogP contribution is -2.09. The van der Waals surface area contributed by atoms with E-state index in [1.807, 2.05) is 37.3 Å². The maximum Gasteiger partial charge on any atom is 0.235 e. The molecule has 0 aliphatic rings. The third-order valence-corrected chi connectivity index (χ3v) is 2.83. The zero-order chi connectivity index (χ0) is 13.5. The second-order valence-electron chi connectivity index (χ2n) is 3.76. The van der Waals surface area contributed by atoms with E-state index in [0.717, 1.165) is 15.9 Å². The largest absolute Gasteiger partial charge is 0.477 e. The van der Waals surface area contributed by atoms with Gasteiger partial charge in [-0.25, -0.2) is 9.98 Å². The summed E-state index contributed by atoms with van der Waals surface area (Å²) in [5, 5.41) is 0. The first-order valence-corrected chi connectivity index (χ1v) is 6.78. The lowest BCUT2D eigenvalue weighted by atomic mass is 10.3. The normalized spacial score (nSPS) is 11.4. The molecule has 0 N–H and O–H groups in total. The highest BCUT2D eigenvalue weighted by Gasteiger charge is 2.05. The molecule has 0 saturated heterocycles. The van der Waals surface area contributed by atoms with Gasteiger partial charge in [0.05, 0.1) is 13.2 Å². The molecule has 2 aromatic heterocycles. The average Bonchev–Trinajstić information content (AvgIpc) is 2.46. The van der Waals surface area contributed by atoms with Gasteiger partial charge in [0.1, 0.15) is 10.3 Å². The van der Waals surface area contributed by atoms with Crippen LogP contribution in [0.1, 0.15) is 18.2 Å². The fourth-order valence-corrected chi connectivity index (χ4v) is 1.72. The maximum atomic E-state index is 5.53. The van der Waals surface area contributed by atoms with Gasteiger partial charge in [-0.05, 0) is 46.6 Å². The van der Waals surface area contributed by atoms with Crippen molar-refractivity contribution >= 4 is 21.8 Å². The van der Waals surface area contributed by atoms with Gasteiger partial charge in [-0.15, -0.1) is 0 Å². The maximum absolute atomic E-state index is 5.53. The van der Waals surface area contributed by atoms with Crippen LogP contribution in [0, 0.1) is 0 Å². The molecule has 0 fully saturated rings. The number of hydrogen-bond acceptors (Lipinski definition) is 4. The van der Waals surface area contributed by atoms with E-state index in [-0.39, 0.29) is 0 Å². The van der Waals surface area contributed by atoms with E-state index in [1.54, 1.807) is 12.4 Å². The van der Waals surface area contributed by atoms with E-state index in [1.165, 1.54) is 0 Å². The van der Waals surface area contributed by atoms with Crippen LogP contribution in [0.25, 0.3) is 0 Å². The summed E-state index contributed by atoms with van der Waals surface area (Å²) in [5.74, 6) is 0.561. The van der Waals surface area contributed by atoms with Gasteiger partial charge in [0, 0.05) is 12.4 Å². The number of hydrogen-bond donors (Lipinski definition) is 0. The molecule has 0 spiro atoms. The number of rotatable bonds is 4. The molecular weight excluding hydrogens is 306 g/mol. The molecule has 2 rings (SSSR count). The van der Waals surface area contributed by atoms with Gasteiger partial charge >= 0.3 is 0 Å². The van der Waals surface area contributed by atoms with Gasteiger partial charge in [-0.1, -0.05) is 12.1 Å². The average molecular weight is 320 g/mol. The van der Waals surface area contributed by atoms with E-state index in [4.69, 9.17) is 4.74 Å². The Morgan fingerprint density at radius 2 is 2.16 bits per heavy atom. The van der Waals surface area contributed by atoms with E-state index in [2.05, 4.69) is 30.9 Å². The first-order chi connectivity index (χ1) is 9.29. The molecule has 0 saturated carbocycles. The first kappa shape index (κ1) is 13.7. The van der Waals surface area contributed by atoms with Gasteiger partial charge in [-0.2, -0.15) is 0 Å². The third kappa shape index (κ3) is 4.13. The van der Waals surface area contributed by atoms with Crippen LogP contribution >= 0.6 is 15.9 Å². The van der Waals surface area contributed by atoms with Crippen LogP contribution in [0.5, 0.6) is 0 Å². The molecule has 0 atom stereocenters. The number of nitrogens with zero attached hydrogens (tertiary/aromatic N) is 3. The van der Waals surface area contributed by atoms with Crippen LogP contribution in [0.3, 0.4) is 0 Å². The molecule has 0 radical (unpaired) electrons. The molecule has 0 aliphatic heterocycles. The summed E-state index contributed by atoms with van der Waals surface area (Å²) < 4.78 is 6.35. The third-order valence-electron chi connectivity index (χ3n) is 2.36. The van der Waals surface area contributed by atoms with Crippen LogP contribution < -0.4 is 0 Å². The SMILES string of the molecule is CCOC(=NCc1ccc(Br)nc1)c1ccccn1. The Hall–Kier alpha value is -1.75. The van der Waals surface area contributed by atoms with Crippen LogP contribution in [0.2, 0.25) is 0 Å². The highest BCUT2D eigenvalue weighted by molar-refractivity contribution is 9.10. The molecular formula is C14H14BrN3O. The monoisotopic (exact) mass is 319 g/mol. The van der Waals surface area contributed by atoms with E-state index >= 15 is 0 Å². The van der Waals surface area contributed by atoms with Crippen molar-refractivity contribution in [2.24, 2.45) is 4.99 Å². The van der Waals surface area contributed by atoms with Crippen LogP contribution in [0.15, 0.2) is 52.3 Å². The quantitative estimate of drug-likeness (QED) is 0.494. The van der Waals surface area contributed by atoms with Crippen molar-refractivity contribution in [3.63, 3.8) is 0 Å².